The zero-order chi connectivity index (χ0) is 11.7. The molecule has 16 heavy (non-hydrogen) atoms. The van der Waals surface area contributed by atoms with Crippen molar-refractivity contribution in [2.75, 3.05) is 18.0 Å². The van der Waals surface area contributed by atoms with Crippen molar-refractivity contribution in [3.05, 3.63) is 29.0 Å². The molecule has 1 fully saturated rings. The molecule has 1 heterocycles. The van der Waals surface area contributed by atoms with E-state index >= 15 is 0 Å². The van der Waals surface area contributed by atoms with Crippen LogP contribution < -0.4 is 10.2 Å². The summed E-state index contributed by atoms with van der Waals surface area (Å²) in [4.78, 5) is 23.8. The van der Waals surface area contributed by atoms with Crippen molar-refractivity contribution >= 4 is 29.1 Å². The molecule has 0 bridgehead atoms. The van der Waals surface area contributed by atoms with E-state index in [4.69, 9.17) is 11.6 Å². The van der Waals surface area contributed by atoms with Crippen molar-refractivity contribution in [2.24, 2.45) is 0 Å². The second-order valence-corrected chi connectivity index (χ2v) is 3.82. The van der Waals surface area contributed by atoms with Crippen LogP contribution >= 0.6 is 11.6 Å². The fourth-order valence-corrected chi connectivity index (χ4v) is 1.70. The summed E-state index contributed by atoms with van der Waals surface area (Å²) >= 11 is 5.67. The number of nitrogens with zero attached hydrogens (tertiary/aromatic N) is 1. The Bertz CT molecular complexity index is 444. The molecule has 0 aliphatic carbocycles. The highest BCUT2D eigenvalue weighted by Gasteiger charge is 2.24. The van der Waals surface area contributed by atoms with Gasteiger partial charge < -0.3 is 10.2 Å². The van der Waals surface area contributed by atoms with Crippen molar-refractivity contribution in [1.29, 1.82) is 0 Å². The number of benzene rings is 1. The standard InChI is InChI=1S/C10H8ClFN2O2/c11-6-1-7(12)3-8(2-6)14-5-9(15)13-4-10(14)16/h1-3H,4-5H2,(H,13,15). The molecular weight excluding hydrogens is 235 g/mol. The van der Waals surface area contributed by atoms with Crippen LogP contribution in [0.25, 0.3) is 0 Å². The van der Waals surface area contributed by atoms with Gasteiger partial charge in [-0.25, -0.2) is 4.39 Å². The number of rotatable bonds is 1. The molecule has 0 saturated carbocycles. The van der Waals surface area contributed by atoms with Crippen LogP contribution in [-0.4, -0.2) is 24.9 Å². The zero-order valence-corrected chi connectivity index (χ0v) is 8.92. The summed E-state index contributed by atoms with van der Waals surface area (Å²) in [7, 11) is 0. The smallest absolute Gasteiger partial charge is 0.246 e. The molecular formula is C10H8ClFN2O2. The van der Waals surface area contributed by atoms with Gasteiger partial charge in [-0.2, -0.15) is 0 Å². The molecule has 0 unspecified atom stereocenters. The van der Waals surface area contributed by atoms with E-state index in [1.807, 2.05) is 0 Å². The molecule has 0 spiro atoms. The molecule has 1 aliphatic rings. The second kappa shape index (κ2) is 4.09. The van der Waals surface area contributed by atoms with Crippen molar-refractivity contribution in [2.45, 2.75) is 0 Å². The minimum atomic E-state index is -0.540. The Labute approximate surface area is 96.0 Å². The van der Waals surface area contributed by atoms with Gasteiger partial charge in [0.1, 0.15) is 12.4 Å². The van der Waals surface area contributed by atoms with E-state index in [0.717, 1.165) is 6.07 Å². The first-order valence-corrected chi connectivity index (χ1v) is 4.97. The van der Waals surface area contributed by atoms with Crippen LogP contribution in [0.15, 0.2) is 18.2 Å². The van der Waals surface area contributed by atoms with Gasteiger partial charge in [0.2, 0.25) is 11.8 Å². The highest BCUT2D eigenvalue weighted by molar-refractivity contribution is 6.31. The third-order valence-electron chi connectivity index (χ3n) is 2.20. The Morgan fingerprint density at radius 2 is 2.06 bits per heavy atom. The van der Waals surface area contributed by atoms with E-state index in [-0.39, 0.29) is 29.9 Å². The first-order chi connectivity index (χ1) is 7.56. The van der Waals surface area contributed by atoms with Crippen LogP contribution in [0.1, 0.15) is 0 Å². The number of piperazine rings is 1. The number of carbonyl (C=O) groups is 2. The summed E-state index contributed by atoms with van der Waals surface area (Å²) in [6, 6.07) is 3.75. The van der Waals surface area contributed by atoms with Crippen LogP contribution in [0.5, 0.6) is 0 Å². The largest absolute Gasteiger partial charge is 0.345 e. The zero-order valence-electron chi connectivity index (χ0n) is 8.17. The topological polar surface area (TPSA) is 49.4 Å². The summed E-state index contributed by atoms with van der Waals surface area (Å²) in [5.41, 5.74) is 0.296. The molecule has 1 N–H and O–H groups in total. The molecule has 0 atom stereocenters. The Hall–Kier alpha value is -1.62. The maximum atomic E-state index is 13.1. The third kappa shape index (κ3) is 2.14. The summed E-state index contributed by atoms with van der Waals surface area (Å²) in [5, 5.41) is 2.59. The number of nitrogens with one attached hydrogen (secondary N) is 1. The highest BCUT2D eigenvalue weighted by Crippen LogP contribution is 2.22. The molecule has 1 saturated heterocycles. The lowest BCUT2D eigenvalue weighted by atomic mass is 10.2. The molecule has 4 nitrogen and oxygen atoms in total. The Morgan fingerprint density at radius 3 is 2.75 bits per heavy atom. The maximum Gasteiger partial charge on any atom is 0.246 e. The average molecular weight is 243 g/mol. The SMILES string of the molecule is O=C1CN(c2cc(F)cc(Cl)c2)C(=O)CN1. The van der Waals surface area contributed by atoms with Gasteiger partial charge in [0.15, 0.2) is 0 Å². The van der Waals surface area contributed by atoms with Crippen molar-refractivity contribution in [1.82, 2.24) is 5.32 Å². The number of hydrogen-bond acceptors (Lipinski definition) is 2. The summed E-state index contributed by atoms with van der Waals surface area (Å²) in [6.45, 7) is -0.189. The number of amides is 2. The lowest BCUT2D eigenvalue weighted by Crippen LogP contribution is -2.51. The van der Waals surface area contributed by atoms with Gasteiger partial charge in [0, 0.05) is 10.7 Å². The molecule has 84 valence electrons. The lowest BCUT2D eigenvalue weighted by molar-refractivity contribution is -0.128. The van der Waals surface area contributed by atoms with Gasteiger partial charge in [-0.3, -0.25) is 9.59 Å². The normalized spacial score (nSPS) is 16.2. The van der Waals surface area contributed by atoms with E-state index in [1.54, 1.807) is 0 Å². The molecule has 1 aromatic rings. The lowest BCUT2D eigenvalue weighted by Gasteiger charge is -2.26. The first kappa shape index (κ1) is 10.9. The highest BCUT2D eigenvalue weighted by atomic mass is 35.5. The van der Waals surface area contributed by atoms with Crippen LogP contribution in [0.4, 0.5) is 10.1 Å². The summed E-state index contributed by atoms with van der Waals surface area (Å²) in [5.74, 6) is -1.11. The van der Waals surface area contributed by atoms with Crippen molar-refractivity contribution in [3.8, 4) is 0 Å². The van der Waals surface area contributed by atoms with Crippen molar-refractivity contribution < 1.29 is 14.0 Å². The monoisotopic (exact) mass is 242 g/mol. The van der Waals surface area contributed by atoms with Crippen molar-refractivity contribution in [3.63, 3.8) is 0 Å². The number of carbonyl (C=O) groups excluding carboxylic acids is 2. The Morgan fingerprint density at radius 1 is 1.31 bits per heavy atom. The minimum absolute atomic E-state index is 0.0764. The van der Waals surface area contributed by atoms with E-state index < -0.39 is 5.82 Å². The Kier molecular flexibility index (Phi) is 2.78. The van der Waals surface area contributed by atoms with Crippen LogP contribution in [-0.2, 0) is 9.59 Å². The molecule has 2 amide bonds. The molecule has 0 radical (unpaired) electrons. The van der Waals surface area contributed by atoms with Gasteiger partial charge in [0.25, 0.3) is 0 Å². The fourth-order valence-electron chi connectivity index (χ4n) is 1.49. The summed E-state index contributed by atoms with van der Waals surface area (Å²) in [6.07, 6.45) is 0. The van der Waals surface area contributed by atoms with Crippen LogP contribution in [0, 0.1) is 5.82 Å². The van der Waals surface area contributed by atoms with Gasteiger partial charge in [0.05, 0.1) is 6.54 Å². The maximum absolute atomic E-state index is 13.1. The minimum Gasteiger partial charge on any atom is -0.345 e. The van der Waals surface area contributed by atoms with E-state index in [1.165, 1.54) is 17.0 Å². The van der Waals surface area contributed by atoms with Gasteiger partial charge in [-0.1, -0.05) is 11.6 Å². The first-order valence-electron chi connectivity index (χ1n) is 4.59. The van der Waals surface area contributed by atoms with Gasteiger partial charge in [-0.05, 0) is 18.2 Å². The predicted molar refractivity (Wildman–Crippen MR) is 56.8 cm³/mol. The molecule has 2 rings (SSSR count). The third-order valence-corrected chi connectivity index (χ3v) is 2.42. The van der Waals surface area contributed by atoms with E-state index in [9.17, 15) is 14.0 Å². The number of halogens is 2. The summed E-state index contributed by atoms with van der Waals surface area (Å²) < 4.78 is 13.1. The van der Waals surface area contributed by atoms with Crippen LogP contribution in [0.3, 0.4) is 0 Å². The number of hydrogen-bond donors (Lipinski definition) is 1. The van der Waals surface area contributed by atoms with Gasteiger partial charge >= 0.3 is 0 Å². The van der Waals surface area contributed by atoms with E-state index in [2.05, 4.69) is 5.32 Å². The molecule has 1 aliphatic heterocycles. The molecule has 1 aromatic carbocycles. The molecule has 0 aromatic heterocycles. The fraction of sp³-hybridized carbons (Fsp3) is 0.200. The van der Waals surface area contributed by atoms with Gasteiger partial charge in [-0.15, -0.1) is 0 Å². The average Bonchev–Trinajstić information content (AvgIpc) is 2.20. The number of anilines is 1. The molecule has 6 heteroatoms. The second-order valence-electron chi connectivity index (χ2n) is 3.38. The Balaban J connectivity index is 2.34. The van der Waals surface area contributed by atoms with Crippen LogP contribution in [0.2, 0.25) is 5.02 Å². The predicted octanol–water partition coefficient (Wildman–Crippen LogP) is 0.942. The quantitative estimate of drug-likeness (QED) is 0.797. The van der Waals surface area contributed by atoms with E-state index in [0.29, 0.717) is 5.69 Å².